The fraction of sp³-hybridized carbons (Fsp3) is 0.500. The molecule has 0 aliphatic rings. The molecule has 0 N–H and O–H groups in total. The summed E-state index contributed by atoms with van der Waals surface area (Å²) < 4.78 is 28.4. The van der Waals surface area contributed by atoms with Gasteiger partial charge in [0.15, 0.2) is 0 Å². The van der Waals surface area contributed by atoms with Crippen LogP contribution in [0.15, 0.2) is 0 Å². The first kappa shape index (κ1) is 15.7. The summed E-state index contributed by atoms with van der Waals surface area (Å²) in [7, 11) is -4.54. The molecule has 13 heavy (non-hydrogen) atoms. The fourth-order valence-electron chi connectivity index (χ4n) is 0.301. The Morgan fingerprint density at radius 2 is 1.77 bits per heavy atom. The number of rotatable bonds is 3. The van der Waals surface area contributed by atoms with Crippen molar-refractivity contribution in [3.05, 3.63) is 0 Å². The molecule has 0 saturated heterocycles. The molecule has 72 valence electrons. The maximum atomic E-state index is 10.5. The van der Waals surface area contributed by atoms with E-state index >= 15 is 0 Å². The third kappa shape index (κ3) is 8.57. The molecule has 0 unspecified atom stereocenters. The van der Waals surface area contributed by atoms with Crippen LogP contribution in [0.3, 0.4) is 0 Å². The zero-order chi connectivity index (χ0) is 9.78. The Kier molecular flexibility index (Phi) is 8.04. The standard InChI is InChI=1S/C4H6O6S2.Na.H/c1-3(5)9-12(7,8)10-4(6)2-11;;/h11H,2H2,1H3;;. The van der Waals surface area contributed by atoms with Crippen molar-refractivity contribution in [1.29, 1.82) is 0 Å². The minimum atomic E-state index is -4.54. The van der Waals surface area contributed by atoms with Crippen molar-refractivity contribution in [2.75, 3.05) is 5.75 Å². The first-order valence-corrected chi connectivity index (χ1v) is 4.62. The van der Waals surface area contributed by atoms with Crippen LogP contribution in [0.25, 0.3) is 0 Å². The van der Waals surface area contributed by atoms with Gasteiger partial charge in [-0.25, -0.2) is 4.79 Å². The van der Waals surface area contributed by atoms with Gasteiger partial charge in [0.2, 0.25) is 0 Å². The van der Waals surface area contributed by atoms with E-state index < -0.39 is 28.1 Å². The Bertz CT molecular complexity index is 283. The first-order chi connectivity index (χ1) is 5.37. The van der Waals surface area contributed by atoms with Crippen LogP contribution in [-0.2, 0) is 28.4 Å². The molecule has 0 aromatic heterocycles. The van der Waals surface area contributed by atoms with Crippen molar-refractivity contribution in [3.63, 3.8) is 0 Å². The van der Waals surface area contributed by atoms with E-state index in [0.29, 0.717) is 0 Å². The van der Waals surface area contributed by atoms with Crippen LogP contribution in [0, 0.1) is 0 Å². The predicted molar refractivity (Wildman–Crippen MR) is 47.8 cm³/mol. The van der Waals surface area contributed by atoms with Crippen molar-refractivity contribution in [2.24, 2.45) is 0 Å². The minimum absolute atomic E-state index is 0. The molecule has 0 spiro atoms. The second-order valence-corrected chi connectivity index (χ2v) is 3.06. The summed E-state index contributed by atoms with van der Waals surface area (Å²) in [5.74, 6) is -2.61. The van der Waals surface area contributed by atoms with Gasteiger partial charge in [0, 0.05) is 6.92 Å². The number of carbonyl (C=O) groups excluding carboxylic acids is 2. The van der Waals surface area contributed by atoms with Crippen molar-refractivity contribution >= 4 is 64.5 Å². The molecule has 0 saturated carbocycles. The Labute approximate surface area is 103 Å². The van der Waals surface area contributed by atoms with Gasteiger partial charge in [-0.05, 0) is 0 Å². The van der Waals surface area contributed by atoms with Crippen LogP contribution in [-0.4, -0.2) is 55.7 Å². The number of hydrogen-bond donors (Lipinski definition) is 1. The average Bonchev–Trinajstić information content (AvgIpc) is 1.83. The first-order valence-electron chi connectivity index (χ1n) is 2.65. The van der Waals surface area contributed by atoms with E-state index in [1.54, 1.807) is 0 Å². The van der Waals surface area contributed by atoms with Gasteiger partial charge in [0.1, 0.15) is 0 Å². The molecule has 0 amide bonds. The van der Waals surface area contributed by atoms with E-state index in [9.17, 15) is 18.0 Å². The Morgan fingerprint density at radius 1 is 1.31 bits per heavy atom. The number of thiol groups is 1. The summed E-state index contributed by atoms with van der Waals surface area (Å²) in [6.07, 6.45) is 0. The molecule has 0 heterocycles. The summed E-state index contributed by atoms with van der Waals surface area (Å²) >= 11 is 3.44. The van der Waals surface area contributed by atoms with Crippen molar-refractivity contribution in [2.45, 2.75) is 6.92 Å². The van der Waals surface area contributed by atoms with Crippen molar-refractivity contribution < 1.29 is 26.4 Å². The topological polar surface area (TPSA) is 86.7 Å². The number of hydrogen-bond acceptors (Lipinski definition) is 7. The number of carbonyl (C=O) groups is 2. The van der Waals surface area contributed by atoms with E-state index in [2.05, 4.69) is 21.0 Å². The molecule has 0 aliphatic heterocycles. The third-order valence-electron chi connectivity index (χ3n) is 0.544. The predicted octanol–water partition coefficient (Wildman–Crippen LogP) is -1.38. The second-order valence-electron chi connectivity index (χ2n) is 1.60. The zero-order valence-electron chi connectivity index (χ0n) is 6.01. The molecule has 0 fully saturated rings. The van der Waals surface area contributed by atoms with Gasteiger partial charge in [0.05, 0.1) is 5.75 Å². The summed E-state index contributed by atoms with van der Waals surface area (Å²) in [4.78, 5) is 20.5. The normalized spacial score (nSPS) is 9.69. The summed E-state index contributed by atoms with van der Waals surface area (Å²) in [5, 5.41) is 0. The quantitative estimate of drug-likeness (QED) is 0.481. The second kappa shape index (κ2) is 6.66. The molecule has 0 bridgehead atoms. The molecule has 0 atom stereocenters. The van der Waals surface area contributed by atoms with Gasteiger partial charge in [-0.1, -0.05) is 0 Å². The zero-order valence-corrected chi connectivity index (χ0v) is 7.72. The molecule has 0 aliphatic carbocycles. The molecule has 0 aromatic carbocycles. The van der Waals surface area contributed by atoms with E-state index in [1.165, 1.54) is 0 Å². The maximum absolute atomic E-state index is 10.5. The van der Waals surface area contributed by atoms with E-state index in [0.717, 1.165) is 6.92 Å². The van der Waals surface area contributed by atoms with Gasteiger partial charge in [-0.2, -0.15) is 12.6 Å². The summed E-state index contributed by atoms with van der Waals surface area (Å²) in [5.41, 5.74) is 0. The van der Waals surface area contributed by atoms with Crippen LogP contribution in [0.5, 0.6) is 0 Å². The van der Waals surface area contributed by atoms with Gasteiger partial charge in [0.25, 0.3) is 0 Å². The summed E-state index contributed by atoms with van der Waals surface area (Å²) in [6, 6.07) is 0. The molecule has 6 nitrogen and oxygen atoms in total. The van der Waals surface area contributed by atoms with Gasteiger partial charge < -0.3 is 8.37 Å². The van der Waals surface area contributed by atoms with Crippen molar-refractivity contribution in [3.8, 4) is 0 Å². The molecular weight excluding hydrogens is 231 g/mol. The van der Waals surface area contributed by atoms with Crippen LogP contribution in [0.1, 0.15) is 6.92 Å². The SMILES string of the molecule is CC(=O)OS(=O)(=O)OC(=O)CS.[NaH]. The van der Waals surface area contributed by atoms with E-state index in [1.807, 2.05) is 0 Å². The monoisotopic (exact) mass is 238 g/mol. The average molecular weight is 238 g/mol. The van der Waals surface area contributed by atoms with E-state index in [4.69, 9.17) is 0 Å². The van der Waals surface area contributed by atoms with Gasteiger partial charge >= 0.3 is 51.9 Å². The van der Waals surface area contributed by atoms with Crippen LogP contribution < -0.4 is 0 Å². The van der Waals surface area contributed by atoms with Crippen LogP contribution in [0.2, 0.25) is 0 Å². The van der Waals surface area contributed by atoms with E-state index in [-0.39, 0.29) is 29.6 Å². The molecular formula is C4H7NaO6S2. The van der Waals surface area contributed by atoms with Gasteiger partial charge in [-0.3, -0.25) is 4.79 Å². The van der Waals surface area contributed by atoms with Crippen LogP contribution >= 0.6 is 12.6 Å². The Hall–Kier alpha value is 0.240. The molecule has 0 radical (unpaired) electrons. The van der Waals surface area contributed by atoms with Gasteiger partial charge in [-0.15, -0.1) is 8.42 Å². The molecule has 0 rings (SSSR count). The van der Waals surface area contributed by atoms with Crippen molar-refractivity contribution in [1.82, 2.24) is 0 Å². The third-order valence-corrected chi connectivity index (χ3v) is 1.63. The molecule has 9 heteroatoms. The Morgan fingerprint density at radius 3 is 2.08 bits per heavy atom. The fourth-order valence-corrected chi connectivity index (χ4v) is 1.06. The molecule has 0 aromatic rings. The summed E-state index contributed by atoms with van der Waals surface area (Å²) in [6.45, 7) is 0.867. The van der Waals surface area contributed by atoms with Crippen LogP contribution in [0.4, 0.5) is 0 Å². The Balaban J connectivity index is 0.